The number of aromatic nitrogens is 2. The smallest absolute Gasteiger partial charge is 0.271 e. The van der Waals surface area contributed by atoms with E-state index in [0.29, 0.717) is 23.9 Å². The van der Waals surface area contributed by atoms with Crippen molar-refractivity contribution in [2.45, 2.75) is 20.0 Å². The molecule has 6 heteroatoms. The van der Waals surface area contributed by atoms with Crippen molar-refractivity contribution in [1.29, 1.82) is 0 Å². The first-order chi connectivity index (χ1) is 12.6. The Labute approximate surface area is 157 Å². The first kappa shape index (κ1) is 17.9. The van der Waals surface area contributed by atoms with Gasteiger partial charge in [-0.15, -0.1) is 0 Å². The minimum Gasteiger partial charge on any atom is -0.365 e. The molecule has 0 aliphatic heterocycles. The summed E-state index contributed by atoms with van der Waals surface area (Å²) in [6.07, 6.45) is 3.01. The van der Waals surface area contributed by atoms with E-state index in [4.69, 9.17) is 11.6 Å². The number of hydrogen-bond donors (Lipinski definition) is 2. The van der Waals surface area contributed by atoms with Crippen LogP contribution in [0.2, 0.25) is 5.02 Å². The number of hydrogen-bond acceptors (Lipinski definition) is 4. The lowest BCUT2D eigenvalue weighted by Crippen LogP contribution is -2.24. The van der Waals surface area contributed by atoms with Crippen molar-refractivity contribution in [2.24, 2.45) is 0 Å². The summed E-state index contributed by atoms with van der Waals surface area (Å²) in [4.78, 5) is 20.6. The molecule has 3 rings (SSSR count). The number of halogens is 1. The number of nitrogens with zero attached hydrogens (tertiary/aromatic N) is 2. The summed E-state index contributed by atoms with van der Waals surface area (Å²) in [5, 5.41) is 6.61. The van der Waals surface area contributed by atoms with Crippen molar-refractivity contribution in [1.82, 2.24) is 15.3 Å². The maximum absolute atomic E-state index is 12.2. The summed E-state index contributed by atoms with van der Waals surface area (Å²) < 4.78 is 0. The van der Waals surface area contributed by atoms with Gasteiger partial charge in [0.25, 0.3) is 5.91 Å². The zero-order valence-corrected chi connectivity index (χ0v) is 15.1. The Morgan fingerprint density at radius 2 is 1.88 bits per heavy atom. The van der Waals surface area contributed by atoms with Gasteiger partial charge >= 0.3 is 0 Å². The molecule has 0 fully saturated rings. The fourth-order valence-electron chi connectivity index (χ4n) is 2.46. The number of anilines is 1. The van der Waals surface area contributed by atoms with E-state index in [0.717, 1.165) is 11.1 Å². The number of amides is 1. The van der Waals surface area contributed by atoms with Crippen LogP contribution in [0.1, 0.15) is 27.2 Å². The molecule has 0 aliphatic carbocycles. The highest BCUT2D eigenvalue weighted by atomic mass is 35.5. The summed E-state index contributed by atoms with van der Waals surface area (Å²) >= 11 is 6.08. The fourth-order valence-corrected chi connectivity index (χ4v) is 2.66. The molecule has 1 heterocycles. The third kappa shape index (κ3) is 4.80. The predicted molar refractivity (Wildman–Crippen MR) is 103 cm³/mol. The highest BCUT2D eigenvalue weighted by Crippen LogP contribution is 2.14. The maximum atomic E-state index is 12.2. The molecule has 3 aromatic rings. The van der Waals surface area contributed by atoms with Gasteiger partial charge in [-0.3, -0.25) is 4.79 Å². The molecule has 5 nitrogen and oxygen atoms in total. The van der Waals surface area contributed by atoms with Crippen LogP contribution in [-0.4, -0.2) is 15.9 Å². The number of rotatable bonds is 6. The van der Waals surface area contributed by atoms with Crippen molar-refractivity contribution in [2.75, 3.05) is 5.32 Å². The normalized spacial score (nSPS) is 10.4. The second-order valence-electron chi connectivity index (χ2n) is 5.90. The van der Waals surface area contributed by atoms with Gasteiger partial charge in [0.15, 0.2) is 0 Å². The molecule has 2 N–H and O–H groups in total. The zero-order valence-electron chi connectivity index (χ0n) is 14.4. The molecule has 1 amide bonds. The van der Waals surface area contributed by atoms with Crippen LogP contribution in [0, 0.1) is 6.92 Å². The SMILES string of the molecule is Cc1cccc(CNc2cnc(C(=O)NCc3ccccc3Cl)cn2)c1. The summed E-state index contributed by atoms with van der Waals surface area (Å²) in [6.45, 7) is 3.04. The van der Waals surface area contributed by atoms with E-state index in [-0.39, 0.29) is 11.6 Å². The third-order valence-electron chi connectivity index (χ3n) is 3.84. The Hall–Kier alpha value is -2.92. The lowest BCUT2D eigenvalue weighted by atomic mass is 10.1. The van der Waals surface area contributed by atoms with Crippen LogP contribution in [0.4, 0.5) is 5.82 Å². The second kappa shape index (κ2) is 8.45. The van der Waals surface area contributed by atoms with Crippen molar-refractivity contribution in [3.8, 4) is 0 Å². The standard InChI is InChI=1S/C20H19ClN4O/c1-14-5-4-6-15(9-14)10-23-19-13-22-18(12-24-19)20(26)25-11-16-7-2-3-8-17(16)21/h2-9,12-13H,10-11H2,1H3,(H,23,24)(H,25,26). The van der Waals surface area contributed by atoms with Crippen molar-refractivity contribution < 1.29 is 4.79 Å². The molecule has 0 bridgehead atoms. The van der Waals surface area contributed by atoms with Gasteiger partial charge in [-0.05, 0) is 24.1 Å². The molecule has 0 spiro atoms. The molecule has 2 aromatic carbocycles. The molecule has 132 valence electrons. The van der Waals surface area contributed by atoms with E-state index in [1.54, 1.807) is 12.3 Å². The lowest BCUT2D eigenvalue weighted by molar-refractivity contribution is 0.0945. The average molecular weight is 367 g/mol. The highest BCUT2D eigenvalue weighted by Gasteiger charge is 2.09. The van der Waals surface area contributed by atoms with Gasteiger partial charge in [-0.25, -0.2) is 9.97 Å². The number of carbonyl (C=O) groups excluding carboxylic acids is 1. The highest BCUT2D eigenvalue weighted by molar-refractivity contribution is 6.31. The molecule has 0 saturated heterocycles. The summed E-state index contributed by atoms with van der Waals surface area (Å²) in [6, 6.07) is 15.6. The monoisotopic (exact) mass is 366 g/mol. The Kier molecular flexibility index (Phi) is 5.81. The molecule has 1 aromatic heterocycles. The van der Waals surface area contributed by atoms with Gasteiger partial charge in [-0.2, -0.15) is 0 Å². The molecule has 0 unspecified atom stereocenters. The molecule has 0 radical (unpaired) electrons. The van der Waals surface area contributed by atoms with Crippen molar-refractivity contribution in [3.05, 3.63) is 88.3 Å². The van der Waals surface area contributed by atoms with Gasteiger partial charge in [0, 0.05) is 18.1 Å². The maximum Gasteiger partial charge on any atom is 0.271 e. The Morgan fingerprint density at radius 3 is 2.62 bits per heavy atom. The fraction of sp³-hybridized carbons (Fsp3) is 0.150. The Balaban J connectivity index is 1.55. The van der Waals surface area contributed by atoms with Crippen LogP contribution >= 0.6 is 11.6 Å². The molecule has 26 heavy (non-hydrogen) atoms. The molecule has 0 aliphatic rings. The lowest BCUT2D eigenvalue weighted by Gasteiger charge is -2.08. The van der Waals surface area contributed by atoms with E-state index in [9.17, 15) is 4.79 Å². The third-order valence-corrected chi connectivity index (χ3v) is 4.21. The summed E-state index contributed by atoms with van der Waals surface area (Å²) in [7, 11) is 0. The molecular formula is C20H19ClN4O. The van der Waals surface area contributed by atoms with Crippen molar-refractivity contribution >= 4 is 23.3 Å². The van der Waals surface area contributed by atoms with E-state index >= 15 is 0 Å². The minimum absolute atomic E-state index is 0.262. The molecule has 0 saturated carbocycles. The predicted octanol–water partition coefficient (Wildman–Crippen LogP) is 3.98. The van der Waals surface area contributed by atoms with E-state index < -0.39 is 0 Å². The quantitative estimate of drug-likeness (QED) is 0.692. The van der Waals surface area contributed by atoms with Crippen molar-refractivity contribution in [3.63, 3.8) is 0 Å². The minimum atomic E-state index is -0.289. The summed E-state index contributed by atoms with van der Waals surface area (Å²) in [5.74, 6) is 0.330. The second-order valence-corrected chi connectivity index (χ2v) is 6.31. The van der Waals surface area contributed by atoms with E-state index in [1.807, 2.05) is 30.3 Å². The number of benzene rings is 2. The average Bonchev–Trinajstić information content (AvgIpc) is 2.66. The first-order valence-corrected chi connectivity index (χ1v) is 8.62. The van der Waals surface area contributed by atoms with Gasteiger partial charge in [0.05, 0.1) is 12.4 Å². The van der Waals surface area contributed by atoms with Crippen LogP contribution in [0.3, 0.4) is 0 Å². The van der Waals surface area contributed by atoms with E-state index in [1.165, 1.54) is 11.8 Å². The summed E-state index contributed by atoms with van der Waals surface area (Å²) in [5.41, 5.74) is 3.49. The Morgan fingerprint density at radius 1 is 1.04 bits per heavy atom. The zero-order chi connectivity index (χ0) is 18.4. The van der Waals surface area contributed by atoms with Crippen LogP contribution in [-0.2, 0) is 13.1 Å². The van der Waals surface area contributed by atoms with Gasteiger partial charge in [0.1, 0.15) is 11.5 Å². The molecular weight excluding hydrogens is 348 g/mol. The van der Waals surface area contributed by atoms with Crippen LogP contribution in [0.5, 0.6) is 0 Å². The van der Waals surface area contributed by atoms with E-state index in [2.05, 4.69) is 39.7 Å². The van der Waals surface area contributed by atoms with Gasteiger partial charge in [-0.1, -0.05) is 59.6 Å². The van der Waals surface area contributed by atoms with Crippen LogP contribution < -0.4 is 10.6 Å². The topological polar surface area (TPSA) is 66.9 Å². The molecule has 0 atom stereocenters. The van der Waals surface area contributed by atoms with Crippen LogP contribution in [0.25, 0.3) is 0 Å². The largest absolute Gasteiger partial charge is 0.365 e. The number of nitrogens with one attached hydrogen (secondary N) is 2. The Bertz CT molecular complexity index is 896. The number of carbonyl (C=O) groups is 1. The van der Waals surface area contributed by atoms with Crippen LogP contribution in [0.15, 0.2) is 60.9 Å². The first-order valence-electron chi connectivity index (χ1n) is 8.25. The number of aryl methyl sites for hydroxylation is 1. The van der Waals surface area contributed by atoms with Gasteiger partial charge in [0.2, 0.25) is 0 Å². The van der Waals surface area contributed by atoms with Gasteiger partial charge < -0.3 is 10.6 Å².